The molecule has 2 amide bonds. The van der Waals surface area contributed by atoms with Crippen molar-refractivity contribution in [1.82, 2.24) is 20.0 Å². The van der Waals surface area contributed by atoms with Gasteiger partial charge in [0.2, 0.25) is 0 Å². The van der Waals surface area contributed by atoms with E-state index >= 15 is 0 Å². The lowest BCUT2D eigenvalue weighted by atomic mass is 10.1. The minimum absolute atomic E-state index is 0.0960. The Morgan fingerprint density at radius 1 is 1.06 bits per heavy atom. The molecule has 1 fully saturated rings. The Bertz CT molecular complexity index is 1340. The number of aromatic nitrogens is 3. The second-order valence-electron chi connectivity index (χ2n) is 8.91. The van der Waals surface area contributed by atoms with Crippen LogP contribution < -0.4 is 10.2 Å². The maximum absolute atomic E-state index is 13.0. The van der Waals surface area contributed by atoms with E-state index in [9.17, 15) is 4.79 Å². The molecule has 2 aromatic heterocycles. The van der Waals surface area contributed by atoms with Crippen molar-refractivity contribution in [3.63, 3.8) is 0 Å². The second-order valence-corrected chi connectivity index (χ2v) is 9.83. The van der Waals surface area contributed by atoms with E-state index in [4.69, 9.17) is 9.51 Å². The standard InChI is InChI=1S/C27H29BrN6O2/c1-2-3-13-22-30-25(23-24(32-36-26(23)31-22)19-9-5-4-6-10-19)33-14-8-15-34(17-16-33)27(35)29-21-12-7-11-20(28)18-21/h4-7,9-12,18H,2-3,8,13-17H2,1H3,(H,29,35). The molecule has 1 saturated heterocycles. The first-order valence-corrected chi connectivity index (χ1v) is 13.2. The smallest absolute Gasteiger partial charge is 0.321 e. The third kappa shape index (κ3) is 5.36. The van der Waals surface area contributed by atoms with Crippen molar-refractivity contribution in [2.24, 2.45) is 0 Å². The van der Waals surface area contributed by atoms with Gasteiger partial charge in [0.1, 0.15) is 22.7 Å². The molecule has 1 N–H and O–H groups in total. The SMILES string of the molecule is CCCCc1nc(N2CCCN(C(=O)Nc3cccc(Br)c3)CC2)c2c(-c3ccccc3)noc2n1. The van der Waals surface area contributed by atoms with Gasteiger partial charge in [-0.3, -0.25) is 0 Å². The van der Waals surface area contributed by atoms with Crippen LogP contribution >= 0.6 is 15.9 Å². The van der Waals surface area contributed by atoms with Crippen LogP contribution in [0.4, 0.5) is 16.3 Å². The van der Waals surface area contributed by atoms with Crippen LogP contribution in [0.15, 0.2) is 63.6 Å². The Morgan fingerprint density at radius 2 is 1.92 bits per heavy atom. The molecule has 4 aromatic rings. The third-order valence-corrected chi connectivity index (χ3v) is 6.82. The van der Waals surface area contributed by atoms with Crippen molar-refractivity contribution in [3.05, 3.63) is 64.9 Å². The summed E-state index contributed by atoms with van der Waals surface area (Å²) in [5.41, 5.74) is 2.99. The number of unbranched alkanes of at least 4 members (excludes halogenated alkanes) is 1. The second kappa shape index (κ2) is 11.1. The van der Waals surface area contributed by atoms with Crippen molar-refractivity contribution < 1.29 is 9.32 Å². The van der Waals surface area contributed by atoms with Gasteiger partial charge >= 0.3 is 6.03 Å². The van der Waals surface area contributed by atoms with Crippen LogP contribution in [0.1, 0.15) is 32.0 Å². The van der Waals surface area contributed by atoms with Gasteiger partial charge in [-0.2, -0.15) is 4.98 Å². The number of aryl methyl sites for hydroxylation is 1. The average Bonchev–Trinajstić information content (AvgIpc) is 3.16. The van der Waals surface area contributed by atoms with Crippen LogP contribution in [0.2, 0.25) is 0 Å². The molecule has 2 aromatic carbocycles. The van der Waals surface area contributed by atoms with Gasteiger partial charge in [-0.05, 0) is 31.0 Å². The number of nitrogens with zero attached hydrogens (tertiary/aromatic N) is 5. The maximum atomic E-state index is 13.0. The van der Waals surface area contributed by atoms with Crippen molar-refractivity contribution in [3.8, 4) is 11.3 Å². The van der Waals surface area contributed by atoms with Crippen LogP contribution in [0.25, 0.3) is 22.4 Å². The van der Waals surface area contributed by atoms with Gasteiger partial charge in [-0.25, -0.2) is 9.78 Å². The van der Waals surface area contributed by atoms with Gasteiger partial charge in [0.15, 0.2) is 0 Å². The van der Waals surface area contributed by atoms with Crippen LogP contribution in [0.3, 0.4) is 0 Å². The summed E-state index contributed by atoms with van der Waals surface area (Å²) >= 11 is 3.46. The summed E-state index contributed by atoms with van der Waals surface area (Å²) in [6, 6.07) is 17.5. The molecular formula is C27H29BrN6O2. The Labute approximate surface area is 218 Å². The number of amides is 2. The molecule has 0 unspecified atom stereocenters. The molecule has 0 radical (unpaired) electrons. The van der Waals surface area contributed by atoms with Crippen molar-refractivity contribution in [2.75, 3.05) is 36.4 Å². The third-order valence-electron chi connectivity index (χ3n) is 6.32. The molecule has 186 valence electrons. The van der Waals surface area contributed by atoms with Gasteiger partial charge < -0.3 is 19.6 Å². The predicted molar refractivity (Wildman–Crippen MR) is 145 cm³/mol. The summed E-state index contributed by atoms with van der Waals surface area (Å²) in [4.78, 5) is 26.8. The monoisotopic (exact) mass is 548 g/mol. The summed E-state index contributed by atoms with van der Waals surface area (Å²) < 4.78 is 6.64. The number of urea groups is 1. The minimum atomic E-state index is -0.0960. The van der Waals surface area contributed by atoms with Crippen molar-refractivity contribution >= 4 is 44.6 Å². The number of rotatable bonds is 6. The number of halogens is 1. The summed E-state index contributed by atoms with van der Waals surface area (Å²) in [5, 5.41) is 8.22. The van der Waals surface area contributed by atoms with E-state index in [1.807, 2.05) is 59.5 Å². The fraction of sp³-hybridized carbons (Fsp3) is 0.333. The highest BCUT2D eigenvalue weighted by Gasteiger charge is 2.25. The molecule has 0 atom stereocenters. The highest BCUT2D eigenvalue weighted by Crippen LogP contribution is 2.34. The zero-order valence-corrected chi connectivity index (χ0v) is 21.9. The van der Waals surface area contributed by atoms with E-state index in [-0.39, 0.29) is 6.03 Å². The molecule has 36 heavy (non-hydrogen) atoms. The number of nitrogens with one attached hydrogen (secondary N) is 1. The maximum Gasteiger partial charge on any atom is 0.321 e. The number of carbonyl (C=O) groups is 1. The highest BCUT2D eigenvalue weighted by molar-refractivity contribution is 9.10. The van der Waals surface area contributed by atoms with E-state index in [0.29, 0.717) is 25.3 Å². The van der Waals surface area contributed by atoms with Crippen LogP contribution in [0, 0.1) is 0 Å². The van der Waals surface area contributed by atoms with Crippen LogP contribution in [-0.4, -0.2) is 52.2 Å². The lowest BCUT2D eigenvalue weighted by molar-refractivity contribution is 0.215. The Balaban J connectivity index is 1.42. The van der Waals surface area contributed by atoms with E-state index in [2.05, 4.69) is 43.2 Å². The van der Waals surface area contributed by atoms with Gasteiger partial charge in [-0.15, -0.1) is 0 Å². The first-order chi connectivity index (χ1) is 17.6. The summed E-state index contributed by atoms with van der Waals surface area (Å²) in [6.45, 7) is 4.85. The molecule has 8 nitrogen and oxygen atoms in total. The Hall–Kier alpha value is -3.46. The number of hydrogen-bond donors (Lipinski definition) is 1. The van der Waals surface area contributed by atoms with E-state index in [1.165, 1.54) is 0 Å². The Morgan fingerprint density at radius 3 is 2.72 bits per heavy atom. The molecule has 0 saturated carbocycles. The molecule has 0 bridgehead atoms. The lowest BCUT2D eigenvalue weighted by Gasteiger charge is -2.24. The zero-order valence-electron chi connectivity index (χ0n) is 20.3. The Kier molecular flexibility index (Phi) is 7.46. The molecular weight excluding hydrogens is 520 g/mol. The van der Waals surface area contributed by atoms with E-state index in [0.717, 1.165) is 70.7 Å². The minimum Gasteiger partial charge on any atom is -0.354 e. The predicted octanol–water partition coefficient (Wildman–Crippen LogP) is 6.13. The van der Waals surface area contributed by atoms with E-state index < -0.39 is 0 Å². The number of anilines is 2. The lowest BCUT2D eigenvalue weighted by Crippen LogP contribution is -2.38. The summed E-state index contributed by atoms with van der Waals surface area (Å²) in [7, 11) is 0. The number of carbonyl (C=O) groups excluding carboxylic acids is 1. The topological polar surface area (TPSA) is 87.4 Å². The molecule has 9 heteroatoms. The molecule has 5 rings (SSSR count). The largest absolute Gasteiger partial charge is 0.354 e. The van der Waals surface area contributed by atoms with Crippen LogP contribution in [-0.2, 0) is 6.42 Å². The number of benzene rings is 2. The first-order valence-electron chi connectivity index (χ1n) is 12.4. The molecule has 0 spiro atoms. The van der Waals surface area contributed by atoms with E-state index in [1.54, 1.807) is 0 Å². The van der Waals surface area contributed by atoms with Crippen molar-refractivity contribution in [2.45, 2.75) is 32.6 Å². The number of fused-ring (bicyclic) bond motifs is 1. The fourth-order valence-electron chi connectivity index (χ4n) is 4.45. The van der Waals surface area contributed by atoms with Gasteiger partial charge in [-0.1, -0.05) is 70.8 Å². The average molecular weight is 549 g/mol. The van der Waals surface area contributed by atoms with Gasteiger partial charge in [0, 0.05) is 48.3 Å². The highest BCUT2D eigenvalue weighted by atomic mass is 79.9. The van der Waals surface area contributed by atoms with Crippen molar-refractivity contribution in [1.29, 1.82) is 0 Å². The first kappa shape index (κ1) is 24.2. The molecule has 0 aliphatic carbocycles. The van der Waals surface area contributed by atoms with Gasteiger partial charge in [0.25, 0.3) is 5.71 Å². The quantitative estimate of drug-likeness (QED) is 0.311. The fourth-order valence-corrected chi connectivity index (χ4v) is 4.85. The van der Waals surface area contributed by atoms with Gasteiger partial charge in [0.05, 0.1) is 0 Å². The zero-order chi connectivity index (χ0) is 24.9. The summed E-state index contributed by atoms with van der Waals surface area (Å²) in [5.74, 6) is 1.60. The molecule has 1 aliphatic heterocycles. The molecule has 3 heterocycles. The van der Waals surface area contributed by atoms with Crippen LogP contribution in [0.5, 0.6) is 0 Å². The normalized spacial score (nSPS) is 14.2. The molecule has 1 aliphatic rings. The summed E-state index contributed by atoms with van der Waals surface area (Å²) in [6.07, 6.45) is 3.69. The number of hydrogen-bond acceptors (Lipinski definition) is 6.